The minimum Gasteiger partial charge on any atom is -0.503 e. The van der Waals surface area contributed by atoms with Crippen molar-refractivity contribution in [2.75, 3.05) is 0 Å². The van der Waals surface area contributed by atoms with E-state index in [0.29, 0.717) is 0 Å². The molecule has 0 radical (unpaired) electrons. The number of hydrogen-bond donors (Lipinski definition) is 2. The van der Waals surface area contributed by atoms with Crippen LogP contribution >= 0.6 is 0 Å². The molecular weight excluding hydrogens is 469 g/mol. The molecule has 0 fully saturated rings. The normalized spacial score (nSPS) is 9.62. The molecule has 0 spiro atoms. The van der Waals surface area contributed by atoms with Crippen LogP contribution in [0, 0.1) is 65.6 Å². The van der Waals surface area contributed by atoms with Gasteiger partial charge in [0.25, 0.3) is 0 Å². The summed E-state index contributed by atoms with van der Waals surface area (Å²) < 4.78 is 121. The molecule has 13 heteroatoms. The summed E-state index contributed by atoms with van der Waals surface area (Å²) in [5, 5.41) is 16.6. The summed E-state index contributed by atoms with van der Waals surface area (Å²) in [7, 11) is 0. The summed E-state index contributed by atoms with van der Waals surface area (Å²) in [4.78, 5) is 0. The first-order valence-corrected chi connectivity index (χ1v) is 5.34. The summed E-state index contributed by atoms with van der Waals surface area (Å²) in [6.45, 7) is 0. The zero-order chi connectivity index (χ0) is 18.9. The summed E-state index contributed by atoms with van der Waals surface area (Å²) in [6, 6.07) is 0. The van der Waals surface area contributed by atoms with Crippen molar-refractivity contribution in [3.63, 3.8) is 0 Å². The fourth-order valence-corrected chi connectivity index (χ4v) is 1.19. The van der Waals surface area contributed by atoms with Crippen molar-refractivity contribution in [3.8, 4) is 11.5 Å². The van der Waals surface area contributed by atoms with Crippen molar-refractivity contribution in [2.24, 2.45) is 0 Å². The molecule has 0 aliphatic heterocycles. The molecule has 0 saturated carbocycles. The molecule has 2 rings (SSSR count). The third-order valence-corrected chi connectivity index (χ3v) is 2.37. The number of phenols is 2. The fraction of sp³-hybridized carbons (Fsp3) is 0. The van der Waals surface area contributed by atoms with Crippen molar-refractivity contribution in [3.05, 3.63) is 65.6 Å². The van der Waals surface area contributed by atoms with Gasteiger partial charge < -0.3 is 17.6 Å². The van der Waals surface area contributed by atoms with Gasteiger partial charge in [-0.15, -0.1) is 0 Å². The first kappa shape index (κ1) is 26.5. The molecule has 0 heterocycles. The Labute approximate surface area is 157 Å². The van der Waals surface area contributed by atoms with Gasteiger partial charge in [-0.25, -0.2) is 26.3 Å². The quantitative estimate of drug-likeness (QED) is 0.253. The van der Waals surface area contributed by atoms with Gasteiger partial charge in [-0.05, 0) is 0 Å². The molecule has 2 aromatic rings. The average molecular weight is 474 g/mol. The second kappa shape index (κ2) is 9.79. The van der Waals surface area contributed by atoms with Crippen LogP contribution in [-0.4, -0.2) is 10.2 Å². The average Bonchev–Trinajstić information content (AvgIpc) is 2.58. The van der Waals surface area contributed by atoms with Gasteiger partial charge in [0.05, 0.1) is 0 Å². The Kier molecular flexibility index (Phi) is 9.96. The summed E-state index contributed by atoms with van der Waals surface area (Å²) >= 11 is 0. The van der Waals surface area contributed by atoms with Crippen molar-refractivity contribution in [1.29, 1.82) is 0 Å². The zero-order valence-electron chi connectivity index (χ0n) is 12.2. The van der Waals surface area contributed by atoms with Crippen LogP contribution in [0.25, 0.3) is 0 Å². The number of aromatic hydroxyl groups is 2. The van der Waals surface area contributed by atoms with Crippen LogP contribution in [0.2, 0.25) is 0 Å². The largest absolute Gasteiger partial charge is 0.503 e. The summed E-state index contributed by atoms with van der Waals surface area (Å²) in [5.41, 5.74) is 0. The van der Waals surface area contributed by atoms with E-state index in [1.165, 1.54) is 0 Å². The van der Waals surface area contributed by atoms with Crippen LogP contribution in [0.1, 0.15) is 0 Å². The van der Waals surface area contributed by atoms with E-state index in [2.05, 4.69) is 0 Å². The van der Waals surface area contributed by atoms with Crippen LogP contribution in [0.4, 0.5) is 43.9 Å². The molecule has 0 aliphatic rings. The Morgan fingerprint density at radius 1 is 0.346 bits per heavy atom. The van der Waals surface area contributed by atoms with Gasteiger partial charge in [0.2, 0.25) is 58.2 Å². The van der Waals surface area contributed by atoms with E-state index >= 15 is 0 Å². The van der Waals surface area contributed by atoms with Gasteiger partial charge in [0.1, 0.15) is 0 Å². The maximum atomic E-state index is 12.2. The van der Waals surface area contributed by atoms with Gasteiger partial charge in [-0.2, -0.15) is 17.6 Å². The molecule has 144 valence electrons. The number of hydrogen-bond acceptors (Lipinski definition) is 2. The molecule has 0 amide bonds. The zero-order valence-corrected chi connectivity index (χ0v) is 14.6. The first-order chi connectivity index (χ1) is 10.9. The molecule has 0 bridgehead atoms. The summed E-state index contributed by atoms with van der Waals surface area (Å²) in [5.74, 6) is -25.9. The van der Waals surface area contributed by atoms with Gasteiger partial charge in [0.15, 0.2) is 11.5 Å². The van der Waals surface area contributed by atoms with E-state index in [0.717, 1.165) is 0 Å². The standard InChI is InChI=1S/2C6HF5O.CH3.Zr/c2*7-1-2(8)4(10)6(12)5(11)3(1)9;;/h2*12H;1H3;/q;;-1;. The Morgan fingerprint density at radius 3 is 0.615 bits per heavy atom. The van der Waals surface area contributed by atoms with Crippen LogP contribution in [-0.2, 0) is 26.2 Å². The van der Waals surface area contributed by atoms with Crippen LogP contribution in [0.5, 0.6) is 11.5 Å². The SMILES string of the molecule is Oc1c(F)c(F)c(F)c(F)c1F.Oc1c(F)c(F)c(F)c(F)c1F.[CH3-].[Zr]. The smallest absolute Gasteiger partial charge is 0.206 e. The van der Waals surface area contributed by atoms with Gasteiger partial charge >= 0.3 is 0 Å². The van der Waals surface area contributed by atoms with E-state index in [4.69, 9.17) is 10.2 Å². The molecule has 26 heavy (non-hydrogen) atoms. The maximum Gasteiger partial charge on any atom is 0.206 e. The number of rotatable bonds is 0. The number of halogens is 10. The van der Waals surface area contributed by atoms with Crippen molar-refractivity contribution in [1.82, 2.24) is 0 Å². The number of phenolic OH excluding ortho intramolecular Hbond substituents is 2. The van der Waals surface area contributed by atoms with E-state index in [9.17, 15) is 43.9 Å². The van der Waals surface area contributed by atoms with Gasteiger partial charge in [0, 0.05) is 26.2 Å². The molecule has 2 aromatic carbocycles. The summed E-state index contributed by atoms with van der Waals surface area (Å²) in [6.07, 6.45) is 0. The molecule has 0 atom stereocenters. The Hall–Kier alpha value is -1.78. The van der Waals surface area contributed by atoms with Gasteiger partial charge in [-0.3, -0.25) is 0 Å². The molecule has 0 saturated heterocycles. The Bertz CT molecular complexity index is 535. The van der Waals surface area contributed by atoms with Crippen molar-refractivity contribution >= 4 is 0 Å². The first-order valence-electron chi connectivity index (χ1n) is 5.34. The third-order valence-electron chi connectivity index (χ3n) is 2.37. The third kappa shape index (κ3) is 4.68. The van der Waals surface area contributed by atoms with Gasteiger partial charge in [-0.1, -0.05) is 0 Å². The second-order valence-corrected chi connectivity index (χ2v) is 3.84. The Balaban J connectivity index is 0. The number of benzene rings is 2. The predicted octanol–water partition coefficient (Wildman–Crippen LogP) is 4.62. The molecule has 0 aromatic heterocycles. The van der Waals surface area contributed by atoms with E-state index in [-0.39, 0.29) is 33.6 Å². The topological polar surface area (TPSA) is 40.5 Å². The van der Waals surface area contributed by atoms with Crippen molar-refractivity contribution in [2.45, 2.75) is 0 Å². The molecule has 0 unspecified atom stereocenters. The molecule has 2 N–H and O–H groups in total. The molecule has 0 aliphatic carbocycles. The van der Waals surface area contributed by atoms with Crippen molar-refractivity contribution < 1.29 is 80.3 Å². The fourth-order valence-electron chi connectivity index (χ4n) is 1.19. The van der Waals surface area contributed by atoms with Crippen LogP contribution in [0.3, 0.4) is 0 Å². The van der Waals surface area contributed by atoms with E-state index < -0.39 is 69.7 Å². The maximum absolute atomic E-state index is 12.2. The minimum absolute atomic E-state index is 0. The minimum atomic E-state index is -2.29. The van der Waals surface area contributed by atoms with E-state index in [1.807, 2.05) is 0 Å². The molecule has 2 nitrogen and oxygen atoms in total. The predicted molar refractivity (Wildman–Crippen MR) is 62.2 cm³/mol. The monoisotopic (exact) mass is 473 g/mol. The molecular formula is C13H5F10O2Zr-. The second-order valence-electron chi connectivity index (χ2n) is 3.84. The van der Waals surface area contributed by atoms with E-state index in [1.54, 1.807) is 0 Å². The Morgan fingerprint density at radius 2 is 0.462 bits per heavy atom. The van der Waals surface area contributed by atoms with Crippen LogP contribution in [0.15, 0.2) is 0 Å². The van der Waals surface area contributed by atoms with Crippen LogP contribution < -0.4 is 0 Å².